The summed E-state index contributed by atoms with van der Waals surface area (Å²) in [5.41, 5.74) is 1.64. The fraction of sp³-hybridized carbons (Fsp3) is 0.679. The van der Waals surface area contributed by atoms with Gasteiger partial charge in [0.2, 0.25) is 5.91 Å². The van der Waals surface area contributed by atoms with Gasteiger partial charge in [-0.2, -0.15) is 0 Å². The Bertz CT molecular complexity index is 938. The van der Waals surface area contributed by atoms with Crippen molar-refractivity contribution in [1.29, 1.82) is 0 Å². The lowest BCUT2D eigenvalue weighted by Gasteiger charge is -2.35. The number of hydrogen-bond donors (Lipinski definition) is 1. The zero-order valence-electron chi connectivity index (χ0n) is 20.3. The van der Waals surface area contributed by atoms with E-state index in [1.807, 2.05) is 12.1 Å². The molecule has 0 bridgehead atoms. The van der Waals surface area contributed by atoms with Crippen molar-refractivity contribution in [1.82, 2.24) is 10.2 Å². The van der Waals surface area contributed by atoms with Crippen LogP contribution in [0.2, 0.25) is 0 Å². The second kappa shape index (κ2) is 11.2. The molecule has 1 aliphatic carbocycles. The van der Waals surface area contributed by atoms with Gasteiger partial charge in [-0.05, 0) is 113 Å². The summed E-state index contributed by atoms with van der Waals surface area (Å²) in [5.74, 6) is 1.74. The van der Waals surface area contributed by atoms with Crippen molar-refractivity contribution >= 4 is 16.9 Å². The highest BCUT2D eigenvalue weighted by Crippen LogP contribution is 2.35. The van der Waals surface area contributed by atoms with Crippen LogP contribution >= 0.6 is 0 Å². The number of benzene rings is 1. The highest BCUT2D eigenvalue weighted by molar-refractivity contribution is 5.82. The lowest BCUT2D eigenvalue weighted by Crippen LogP contribution is -2.39. The number of rotatable bonds is 7. The minimum absolute atomic E-state index is 0.243. The molecule has 3 heterocycles. The Hall–Kier alpha value is -1.92. The van der Waals surface area contributed by atoms with Crippen molar-refractivity contribution in [2.45, 2.75) is 76.2 Å². The molecule has 0 radical (unpaired) electrons. The maximum Gasteiger partial charge on any atom is 0.220 e. The molecule has 186 valence electrons. The van der Waals surface area contributed by atoms with Gasteiger partial charge < -0.3 is 19.4 Å². The molecule has 5 rings (SSSR count). The molecule has 5 nitrogen and oxygen atoms in total. The molecule has 0 spiro atoms. The van der Waals surface area contributed by atoms with Gasteiger partial charge in [0.25, 0.3) is 0 Å². The number of ether oxygens (including phenoxy) is 1. The minimum atomic E-state index is -0.269. The van der Waals surface area contributed by atoms with E-state index < -0.39 is 0 Å². The first-order valence-corrected chi connectivity index (χ1v) is 13.4. The smallest absolute Gasteiger partial charge is 0.220 e. The van der Waals surface area contributed by atoms with Crippen LogP contribution in [0.4, 0.5) is 4.39 Å². The molecule has 1 N–H and O–H groups in total. The van der Waals surface area contributed by atoms with Gasteiger partial charge in [0, 0.05) is 31.1 Å². The molecule has 1 amide bonds. The Kier molecular flexibility index (Phi) is 7.85. The number of carbonyl (C=O) groups is 1. The molecule has 34 heavy (non-hydrogen) atoms. The van der Waals surface area contributed by atoms with E-state index in [1.54, 1.807) is 12.3 Å². The molecule has 2 aliphatic heterocycles. The molecule has 3 fully saturated rings. The van der Waals surface area contributed by atoms with Crippen LogP contribution in [0.15, 0.2) is 28.9 Å². The topological polar surface area (TPSA) is 54.7 Å². The van der Waals surface area contributed by atoms with Gasteiger partial charge in [0.1, 0.15) is 0 Å². The first kappa shape index (κ1) is 23.8. The quantitative estimate of drug-likeness (QED) is 0.570. The molecule has 6 heteroatoms. The number of piperidine rings is 1. The van der Waals surface area contributed by atoms with Crippen molar-refractivity contribution in [3.8, 4) is 0 Å². The fourth-order valence-corrected chi connectivity index (χ4v) is 6.33. The SMILES string of the molecule is O=C(CC1CCOCC1)N[C@H]1CC[C@H](CCN2CCC(c3ccc(F)c4occc34)CC2)CC1. The summed E-state index contributed by atoms with van der Waals surface area (Å²) >= 11 is 0. The van der Waals surface area contributed by atoms with E-state index in [4.69, 9.17) is 9.15 Å². The second-order valence-corrected chi connectivity index (χ2v) is 10.7. The third-order valence-corrected chi connectivity index (χ3v) is 8.51. The molecule has 1 aromatic carbocycles. The summed E-state index contributed by atoms with van der Waals surface area (Å²) in [6, 6.07) is 5.78. The highest BCUT2D eigenvalue weighted by Gasteiger charge is 2.26. The number of carbonyl (C=O) groups excluding carboxylic acids is 1. The van der Waals surface area contributed by atoms with Gasteiger partial charge in [0.05, 0.1) is 6.26 Å². The third-order valence-electron chi connectivity index (χ3n) is 8.51. The van der Waals surface area contributed by atoms with Crippen LogP contribution in [-0.2, 0) is 9.53 Å². The molecule has 0 atom stereocenters. The highest BCUT2D eigenvalue weighted by atomic mass is 19.1. The van der Waals surface area contributed by atoms with Gasteiger partial charge in [-0.3, -0.25) is 4.79 Å². The number of likely N-dealkylation sites (tertiary alicyclic amines) is 1. The molecule has 2 aromatic rings. The average Bonchev–Trinajstić information content (AvgIpc) is 3.36. The van der Waals surface area contributed by atoms with Gasteiger partial charge in [0.15, 0.2) is 11.4 Å². The normalized spacial score (nSPS) is 25.6. The van der Waals surface area contributed by atoms with Gasteiger partial charge >= 0.3 is 0 Å². The summed E-state index contributed by atoms with van der Waals surface area (Å²) in [6.45, 7) is 5.00. The van der Waals surface area contributed by atoms with Crippen molar-refractivity contribution < 1.29 is 18.3 Å². The van der Waals surface area contributed by atoms with E-state index in [9.17, 15) is 9.18 Å². The third kappa shape index (κ3) is 5.83. The van der Waals surface area contributed by atoms with Crippen LogP contribution in [0.25, 0.3) is 11.0 Å². The van der Waals surface area contributed by atoms with Crippen LogP contribution in [0, 0.1) is 17.7 Å². The van der Waals surface area contributed by atoms with E-state index in [2.05, 4.69) is 10.2 Å². The standard InChI is InChI=1S/C28H39FN2O3/c29-26-6-5-24(25-12-18-34-28(25)26)22-8-14-31(15-9-22)13-7-20-1-3-23(4-2-20)30-27(32)19-21-10-16-33-17-11-21/h5-6,12,18,20-23H,1-4,7-11,13-17,19H2,(H,30,32)/t20-,23-. The number of fused-ring (bicyclic) bond motifs is 1. The van der Waals surface area contributed by atoms with Crippen LogP contribution in [0.1, 0.15) is 75.7 Å². The van der Waals surface area contributed by atoms with Crippen LogP contribution < -0.4 is 5.32 Å². The minimum Gasteiger partial charge on any atom is -0.461 e. The predicted octanol–water partition coefficient (Wildman–Crippen LogP) is 5.63. The summed E-state index contributed by atoms with van der Waals surface area (Å²) in [7, 11) is 0. The molecule has 3 aliphatic rings. The molecule has 0 unspecified atom stereocenters. The predicted molar refractivity (Wildman–Crippen MR) is 131 cm³/mol. The summed E-state index contributed by atoms with van der Waals surface area (Å²) < 4.78 is 24.7. The summed E-state index contributed by atoms with van der Waals surface area (Å²) in [5, 5.41) is 4.25. The number of amides is 1. The average molecular weight is 471 g/mol. The lowest BCUT2D eigenvalue weighted by atomic mass is 9.83. The van der Waals surface area contributed by atoms with Crippen molar-refractivity contribution in [3.63, 3.8) is 0 Å². The van der Waals surface area contributed by atoms with Crippen LogP contribution in [-0.4, -0.2) is 49.7 Å². The van der Waals surface area contributed by atoms with E-state index in [-0.39, 0.29) is 11.7 Å². The molecular formula is C28H39FN2O3. The van der Waals surface area contributed by atoms with Crippen molar-refractivity contribution in [3.05, 3.63) is 35.8 Å². The number of halogens is 1. The maximum atomic E-state index is 14.0. The molecule has 1 aromatic heterocycles. The van der Waals surface area contributed by atoms with Gasteiger partial charge in [-0.1, -0.05) is 6.07 Å². The van der Waals surface area contributed by atoms with E-state index in [0.29, 0.717) is 29.9 Å². The molecule has 1 saturated carbocycles. The Labute approximate surface area is 202 Å². The summed E-state index contributed by atoms with van der Waals surface area (Å²) in [6.07, 6.45) is 12.5. The zero-order valence-corrected chi connectivity index (χ0v) is 20.3. The molecular weight excluding hydrogens is 431 g/mol. The Morgan fingerprint density at radius 3 is 2.50 bits per heavy atom. The van der Waals surface area contributed by atoms with Gasteiger partial charge in [-0.15, -0.1) is 0 Å². The van der Waals surface area contributed by atoms with Crippen molar-refractivity contribution in [2.75, 3.05) is 32.8 Å². The Balaban J connectivity index is 0.999. The summed E-state index contributed by atoms with van der Waals surface area (Å²) in [4.78, 5) is 15.0. The first-order chi connectivity index (χ1) is 16.7. The maximum absolute atomic E-state index is 14.0. The fourth-order valence-electron chi connectivity index (χ4n) is 6.33. The number of nitrogens with zero attached hydrogens (tertiary/aromatic N) is 1. The first-order valence-electron chi connectivity index (χ1n) is 13.4. The lowest BCUT2D eigenvalue weighted by molar-refractivity contribution is -0.123. The largest absolute Gasteiger partial charge is 0.461 e. The van der Waals surface area contributed by atoms with Gasteiger partial charge in [-0.25, -0.2) is 4.39 Å². The van der Waals surface area contributed by atoms with Crippen LogP contribution in [0.3, 0.4) is 0 Å². The monoisotopic (exact) mass is 470 g/mol. The van der Waals surface area contributed by atoms with E-state index >= 15 is 0 Å². The number of nitrogens with one attached hydrogen (secondary N) is 1. The Morgan fingerprint density at radius 1 is 0.971 bits per heavy atom. The van der Waals surface area contributed by atoms with E-state index in [0.717, 1.165) is 76.1 Å². The molecule has 2 saturated heterocycles. The number of furan rings is 1. The number of hydrogen-bond acceptors (Lipinski definition) is 4. The Morgan fingerprint density at radius 2 is 1.74 bits per heavy atom. The van der Waals surface area contributed by atoms with Crippen LogP contribution in [0.5, 0.6) is 0 Å². The second-order valence-electron chi connectivity index (χ2n) is 10.7. The van der Waals surface area contributed by atoms with Crippen molar-refractivity contribution in [2.24, 2.45) is 11.8 Å². The van der Waals surface area contributed by atoms with E-state index in [1.165, 1.54) is 31.4 Å². The zero-order chi connectivity index (χ0) is 23.3.